The van der Waals surface area contributed by atoms with E-state index in [1.54, 1.807) is 0 Å². The van der Waals surface area contributed by atoms with Crippen molar-refractivity contribution in [2.75, 3.05) is 19.6 Å². The molecular weight excluding hydrogens is 319 g/mol. The van der Waals surface area contributed by atoms with Crippen LogP contribution < -0.4 is 5.32 Å². The fourth-order valence-corrected chi connectivity index (χ4v) is 3.90. The molecule has 1 unspecified atom stereocenters. The molecule has 1 aliphatic heterocycles. The smallest absolute Gasteiger partial charge is 0.225 e. The normalized spacial score (nSPS) is 24.7. The highest BCUT2D eigenvalue weighted by Gasteiger charge is 2.45. The molecule has 0 radical (unpaired) electrons. The molecule has 2 aliphatic carbocycles. The first-order chi connectivity index (χ1) is 12.1. The lowest BCUT2D eigenvalue weighted by atomic mass is 9.94. The molecule has 1 saturated heterocycles. The van der Waals surface area contributed by atoms with Crippen LogP contribution in [0.2, 0.25) is 0 Å². The summed E-state index contributed by atoms with van der Waals surface area (Å²) in [7, 11) is 0. The topological polar surface area (TPSA) is 49.4 Å². The summed E-state index contributed by atoms with van der Waals surface area (Å²) in [6.07, 6.45) is 5.81. The van der Waals surface area contributed by atoms with Crippen LogP contribution in [0.3, 0.4) is 0 Å². The maximum atomic E-state index is 13.1. The van der Waals surface area contributed by atoms with Crippen LogP contribution in [0, 0.1) is 17.7 Å². The minimum Gasteiger partial charge on any atom is -0.355 e. The Morgan fingerprint density at radius 1 is 1.12 bits per heavy atom. The molecule has 1 aromatic carbocycles. The van der Waals surface area contributed by atoms with Gasteiger partial charge in [0.05, 0.1) is 5.92 Å². The molecule has 0 aromatic heterocycles. The standard InChI is InChI=1S/C20H25FN2O2/c21-17-7-5-16(6-8-17)20(9-10-20)13-22-18(24)15-2-1-11-23(12-15)19(25)14-3-4-14/h5-8,14-15H,1-4,9-13H2,(H,22,24). The number of nitrogens with one attached hydrogen (secondary N) is 1. The number of carbonyl (C=O) groups is 2. The highest BCUT2D eigenvalue weighted by Crippen LogP contribution is 2.47. The van der Waals surface area contributed by atoms with Crippen molar-refractivity contribution >= 4 is 11.8 Å². The molecule has 134 valence electrons. The van der Waals surface area contributed by atoms with Crippen molar-refractivity contribution in [1.29, 1.82) is 0 Å². The minimum absolute atomic E-state index is 0.0262. The van der Waals surface area contributed by atoms with E-state index in [9.17, 15) is 14.0 Å². The zero-order valence-electron chi connectivity index (χ0n) is 14.5. The number of rotatable bonds is 5. The molecule has 1 aromatic rings. The molecule has 0 bridgehead atoms. The molecule has 5 heteroatoms. The predicted octanol–water partition coefficient (Wildman–Crippen LogP) is 2.62. The monoisotopic (exact) mass is 344 g/mol. The van der Waals surface area contributed by atoms with Gasteiger partial charge in [-0.1, -0.05) is 12.1 Å². The summed E-state index contributed by atoms with van der Waals surface area (Å²) in [6.45, 7) is 1.95. The van der Waals surface area contributed by atoms with Gasteiger partial charge in [-0.2, -0.15) is 0 Å². The van der Waals surface area contributed by atoms with Crippen molar-refractivity contribution in [3.63, 3.8) is 0 Å². The van der Waals surface area contributed by atoms with Gasteiger partial charge in [0.15, 0.2) is 0 Å². The first-order valence-electron chi connectivity index (χ1n) is 9.40. The summed E-state index contributed by atoms with van der Waals surface area (Å²) in [5.41, 5.74) is 1.07. The molecule has 3 aliphatic rings. The Kier molecular flexibility index (Phi) is 4.26. The third kappa shape index (κ3) is 3.55. The van der Waals surface area contributed by atoms with Gasteiger partial charge >= 0.3 is 0 Å². The molecule has 3 fully saturated rings. The van der Waals surface area contributed by atoms with E-state index in [-0.39, 0.29) is 34.9 Å². The average Bonchev–Trinajstić information content (AvgIpc) is 3.54. The number of hydrogen-bond acceptors (Lipinski definition) is 2. The van der Waals surface area contributed by atoms with Gasteiger partial charge in [0.25, 0.3) is 0 Å². The Bertz CT molecular complexity index is 665. The molecule has 4 nitrogen and oxygen atoms in total. The summed E-state index contributed by atoms with van der Waals surface area (Å²) >= 11 is 0. The van der Waals surface area contributed by atoms with Gasteiger partial charge in [0.1, 0.15) is 5.82 Å². The van der Waals surface area contributed by atoms with Gasteiger partial charge in [-0.05, 0) is 56.2 Å². The Labute approximate surface area is 147 Å². The minimum atomic E-state index is -0.230. The number of benzene rings is 1. The first kappa shape index (κ1) is 16.6. The highest BCUT2D eigenvalue weighted by atomic mass is 19.1. The summed E-state index contributed by atoms with van der Waals surface area (Å²) in [4.78, 5) is 26.7. The van der Waals surface area contributed by atoms with Gasteiger partial charge in [-0.3, -0.25) is 9.59 Å². The first-order valence-corrected chi connectivity index (χ1v) is 9.40. The number of halogens is 1. The van der Waals surface area contributed by atoms with Crippen LogP contribution >= 0.6 is 0 Å². The zero-order chi connectivity index (χ0) is 17.4. The number of hydrogen-bond donors (Lipinski definition) is 1. The van der Waals surface area contributed by atoms with Crippen molar-refractivity contribution in [2.24, 2.45) is 11.8 Å². The van der Waals surface area contributed by atoms with Crippen LogP contribution in [0.1, 0.15) is 44.1 Å². The second-order valence-corrected chi connectivity index (χ2v) is 7.90. The lowest BCUT2D eigenvalue weighted by Gasteiger charge is -2.32. The largest absolute Gasteiger partial charge is 0.355 e. The van der Waals surface area contributed by atoms with Crippen LogP contribution in [0.25, 0.3) is 0 Å². The summed E-state index contributed by atoms with van der Waals surface area (Å²) in [5.74, 6) is 0.186. The van der Waals surface area contributed by atoms with E-state index >= 15 is 0 Å². The summed E-state index contributed by atoms with van der Waals surface area (Å²) in [6, 6.07) is 6.62. The Morgan fingerprint density at radius 3 is 2.48 bits per heavy atom. The molecule has 1 heterocycles. The van der Waals surface area contributed by atoms with Gasteiger partial charge in [0, 0.05) is 31.0 Å². The molecule has 4 rings (SSSR count). The number of nitrogens with zero attached hydrogens (tertiary/aromatic N) is 1. The lowest BCUT2D eigenvalue weighted by molar-refractivity contribution is -0.136. The second kappa shape index (κ2) is 6.43. The Balaban J connectivity index is 1.32. The Hall–Kier alpha value is -1.91. The van der Waals surface area contributed by atoms with Gasteiger partial charge < -0.3 is 10.2 Å². The van der Waals surface area contributed by atoms with Crippen LogP contribution in [-0.2, 0) is 15.0 Å². The van der Waals surface area contributed by atoms with E-state index in [1.165, 1.54) is 12.1 Å². The van der Waals surface area contributed by atoms with Crippen LogP contribution in [0.5, 0.6) is 0 Å². The van der Waals surface area contributed by atoms with Crippen molar-refractivity contribution in [3.05, 3.63) is 35.6 Å². The molecule has 2 saturated carbocycles. The van der Waals surface area contributed by atoms with Crippen molar-refractivity contribution < 1.29 is 14.0 Å². The number of piperidine rings is 1. The fraction of sp³-hybridized carbons (Fsp3) is 0.600. The van der Waals surface area contributed by atoms with E-state index < -0.39 is 0 Å². The van der Waals surface area contributed by atoms with E-state index in [4.69, 9.17) is 0 Å². The predicted molar refractivity (Wildman–Crippen MR) is 92.3 cm³/mol. The number of amides is 2. The van der Waals surface area contributed by atoms with E-state index in [0.717, 1.165) is 50.6 Å². The molecule has 25 heavy (non-hydrogen) atoms. The molecule has 0 spiro atoms. The van der Waals surface area contributed by atoms with Crippen molar-refractivity contribution in [3.8, 4) is 0 Å². The maximum absolute atomic E-state index is 13.1. The van der Waals surface area contributed by atoms with Crippen molar-refractivity contribution in [1.82, 2.24) is 10.2 Å². The van der Waals surface area contributed by atoms with Crippen LogP contribution in [0.4, 0.5) is 4.39 Å². The fourth-order valence-electron chi connectivity index (χ4n) is 3.90. The van der Waals surface area contributed by atoms with E-state index in [0.29, 0.717) is 13.1 Å². The number of likely N-dealkylation sites (tertiary alicyclic amines) is 1. The van der Waals surface area contributed by atoms with E-state index in [2.05, 4.69) is 5.32 Å². The second-order valence-electron chi connectivity index (χ2n) is 7.90. The molecule has 1 N–H and O–H groups in total. The molecular formula is C20H25FN2O2. The summed E-state index contributed by atoms with van der Waals surface area (Å²) < 4.78 is 13.1. The SMILES string of the molecule is O=C(NCC1(c2ccc(F)cc2)CC1)C1CCCN(C(=O)C2CC2)C1. The average molecular weight is 344 g/mol. The van der Waals surface area contributed by atoms with E-state index in [1.807, 2.05) is 17.0 Å². The van der Waals surface area contributed by atoms with Gasteiger partial charge in [-0.25, -0.2) is 4.39 Å². The third-order valence-electron chi connectivity index (χ3n) is 5.94. The van der Waals surface area contributed by atoms with Crippen molar-refractivity contribution in [2.45, 2.75) is 43.9 Å². The molecule has 1 atom stereocenters. The van der Waals surface area contributed by atoms with Gasteiger partial charge in [0.2, 0.25) is 11.8 Å². The van der Waals surface area contributed by atoms with Crippen LogP contribution in [-0.4, -0.2) is 36.3 Å². The molecule has 2 amide bonds. The maximum Gasteiger partial charge on any atom is 0.225 e. The van der Waals surface area contributed by atoms with Gasteiger partial charge in [-0.15, -0.1) is 0 Å². The summed E-state index contributed by atoms with van der Waals surface area (Å²) in [5, 5.41) is 3.10. The Morgan fingerprint density at radius 2 is 1.84 bits per heavy atom. The zero-order valence-corrected chi connectivity index (χ0v) is 14.5. The number of carbonyl (C=O) groups excluding carboxylic acids is 2. The van der Waals surface area contributed by atoms with Crippen LogP contribution in [0.15, 0.2) is 24.3 Å². The third-order valence-corrected chi connectivity index (χ3v) is 5.94. The highest BCUT2D eigenvalue weighted by molar-refractivity contribution is 5.83. The lowest BCUT2D eigenvalue weighted by Crippen LogP contribution is -2.47. The quantitative estimate of drug-likeness (QED) is 0.893.